The summed E-state index contributed by atoms with van der Waals surface area (Å²) in [5.74, 6) is 1.63. The number of alkyl halides is 1. The van der Waals surface area contributed by atoms with Gasteiger partial charge in [-0.25, -0.2) is 0 Å². The van der Waals surface area contributed by atoms with Crippen LogP contribution in [-0.2, 0) is 5.41 Å². The first-order valence-corrected chi connectivity index (χ1v) is 13.6. The maximum absolute atomic E-state index is 9.61. The van der Waals surface area contributed by atoms with Gasteiger partial charge in [-0.15, -0.1) is 17.1 Å². The average molecular weight is 585 g/mol. The number of nitrogens with one attached hydrogen (secondary N) is 2. The molecule has 1 heterocycles. The Morgan fingerprint density at radius 2 is 1.75 bits per heavy atom. The van der Waals surface area contributed by atoms with Gasteiger partial charge in [-0.2, -0.15) is 0 Å². The molecule has 0 spiro atoms. The van der Waals surface area contributed by atoms with Crippen molar-refractivity contribution in [2.45, 2.75) is 52.6 Å². The molecule has 1 aliphatic heterocycles. The molecule has 200 valence electrons. The van der Waals surface area contributed by atoms with Gasteiger partial charge < -0.3 is 25.1 Å². The van der Waals surface area contributed by atoms with Crippen LogP contribution in [0.15, 0.2) is 58.3 Å². The summed E-state index contributed by atoms with van der Waals surface area (Å²) in [6.07, 6.45) is 0.113. The lowest BCUT2D eigenvalue weighted by Gasteiger charge is -2.27. The first-order chi connectivity index (χ1) is 17.3. The van der Waals surface area contributed by atoms with E-state index in [1.165, 1.54) is 5.56 Å². The molecule has 4 N–H and O–H groups in total. The highest BCUT2D eigenvalue weighted by atomic mass is 79.9. The van der Waals surface area contributed by atoms with Crippen LogP contribution in [0.1, 0.15) is 52.2 Å². The number of allylic oxidation sites excluding steroid dienone is 1. The van der Waals surface area contributed by atoms with E-state index in [1.54, 1.807) is 0 Å². The van der Waals surface area contributed by atoms with Crippen molar-refractivity contribution in [2.75, 3.05) is 32.2 Å². The van der Waals surface area contributed by atoms with Crippen LogP contribution in [0.4, 0.5) is 0 Å². The number of hydrogen-bond acceptors (Lipinski definition) is 7. The quantitative estimate of drug-likeness (QED) is 0.204. The molecule has 1 aliphatic rings. The van der Waals surface area contributed by atoms with Crippen molar-refractivity contribution in [3.05, 3.63) is 69.5 Å². The molecule has 9 heteroatoms. The zero-order valence-electron chi connectivity index (χ0n) is 21.8. The second-order valence-corrected chi connectivity index (χ2v) is 9.90. The summed E-state index contributed by atoms with van der Waals surface area (Å²) in [6.45, 7) is 11.7. The summed E-state index contributed by atoms with van der Waals surface area (Å²) in [6, 6.07) is 14.2. The number of aliphatic hydroxyl groups is 2. The molecule has 1 atom stereocenters. The second kappa shape index (κ2) is 14.7. The molecule has 0 fully saturated rings. The molecule has 7 nitrogen and oxygen atoms in total. The van der Waals surface area contributed by atoms with Gasteiger partial charge in [0.1, 0.15) is 24.2 Å². The Kier molecular flexibility index (Phi) is 12.3. The Hall–Kier alpha value is -1.97. The van der Waals surface area contributed by atoms with Crippen molar-refractivity contribution < 1.29 is 19.7 Å². The van der Waals surface area contributed by atoms with Gasteiger partial charge in [0.15, 0.2) is 0 Å². The molecule has 1 unspecified atom stereocenters. The molecule has 0 amide bonds. The Bertz CT molecular complexity index is 985. The summed E-state index contributed by atoms with van der Waals surface area (Å²) < 4.78 is 12.4. The lowest BCUT2D eigenvalue weighted by molar-refractivity contribution is 0.125. The van der Waals surface area contributed by atoms with Gasteiger partial charge in [0.05, 0.1) is 29.3 Å². The molecule has 0 aliphatic carbocycles. The Labute approximate surface area is 228 Å². The number of benzene rings is 2. The molecule has 0 aromatic heterocycles. The Balaban J connectivity index is 0.00000222. The Morgan fingerprint density at radius 1 is 1.08 bits per heavy atom. The first-order valence-electron chi connectivity index (χ1n) is 12.3. The normalized spacial score (nSPS) is 14.2. The predicted molar refractivity (Wildman–Crippen MR) is 149 cm³/mol. The van der Waals surface area contributed by atoms with Crippen molar-refractivity contribution in [3.8, 4) is 11.5 Å². The smallest absolute Gasteiger partial charge is 0.133 e. The van der Waals surface area contributed by atoms with E-state index in [0.29, 0.717) is 12.4 Å². The number of aliphatic hydroxyl groups excluding tert-OH is 2. The SMILES string of the molecule is CC.CC1=C(CO)N(CCCOc2ccc(C(C)(C)c3ccc(OCC(O)CCl)c(Br)c3)cc2)NN1. The number of nitrogens with zero attached hydrogens (tertiary/aromatic N) is 1. The highest BCUT2D eigenvalue weighted by Crippen LogP contribution is 2.36. The molecular weight excluding hydrogens is 546 g/mol. The van der Waals surface area contributed by atoms with E-state index in [-0.39, 0.29) is 24.5 Å². The lowest BCUT2D eigenvalue weighted by Crippen LogP contribution is -2.39. The van der Waals surface area contributed by atoms with Crippen LogP contribution in [0.2, 0.25) is 0 Å². The average Bonchev–Trinajstić information content (AvgIpc) is 3.26. The fourth-order valence-corrected chi connectivity index (χ4v) is 4.25. The van der Waals surface area contributed by atoms with Crippen molar-refractivity contribution in [3.63, 3.8) is 0 Å². The third-order valence-electron chi connectivity index (χ3n) is 5.92. The van der Waals surface area contributed by atoms with E-state index in [1.807, 2.05) is 56.1 Å². The van der Waals surface area contributed by atoms with Crippen LogP contribution in [-0.4, -0.2) is 53.6 Å². The fourth-order valence-electron chi connectivity index (χ4n) is 3.67. The van der Waals surface area contributed by atoms with Crippen LogP contribution in [0.5, 0.6) is 11.5 Å². The summed E-state index contributed by atoms with van der Waals surface area (Å²) in [7, 11) is 0. The number of rotatable bonds is 12. The number of ether oxygens (including phenoxy) is 2. The van der Waals surface area contributed by atoms with Crippen LogP contribution >= 0.6 is 27.5 Å². The van der Waals surface area contributed by atoms with Crippen molar-refractivity contribution >= 4 is 27.5 Å². The van der Waals surface area contributed by atoms with Crippen molar-refractivity contribution in [1.29, 1.82) is 0 Å². The summed E-state index contributed by atoms with van der Waals surface area (Å²) >= 11 is 9.21. The van der Waals surface area contributed by atoms with Gasteiger partial charge in [-0.1, -0.05) is 45.9 Å². The minimum absolute atomic E-state index is 0.00653. The number of hydrogen-bond donors (Lipinski definition) is 4. The molecule has 0 saturated carbocycles. The summed E-state index contributed by atoms with van der Waals surface area (Å²) in [5, 5.41) is 21.0. The zero-order chi connectivity index (χ0) is 26.7. The van der Waals surface area contributed by atoms with E-state index in [4.69, 9.17) is 21.1 Å². The highest BCUT2D eigenvalue weighted by molar-refractivity contribution is 9.10. The number of halogens is 2. The van der Waals surface area contributed by atoms with Gasteiger partial charge in [0, 0.05) is 24.1 Å². The van der Waals surface area contributed by atoms with Gasteiger partial charge in [-0.05, 0) is 58.2 Å². The molecule has 2 aromatic carbocycles. The molecule has 2 aromatic rings. The molecule has 36 heavy (non-hydrogen) atoms. The molecule has 3 rings (SSSR count). The number of hydrazine groups is 2. The molecule has 0 bridgehead atoms. The van der Waals surface area contributed by atoms with Gasteiger partial charge in [0.25, 0.3) is 0 Å². The third-order valence-corrected chi connectivity index (χ3v) is 6.90. The molecule has 0 radical (unpaired) electrons. The zero-order valence-corrected chi connectivity index (χ0v) is 24.1. The van der Waals surface area contributed by atoms with Crippen LogP contribution in [0, 0.1) is 0 Å². The third kappa shape index (κ3) is 8.02. The van der Waals surface area contributed by atoms with E-state index < -0.39 is 6.10 Å². The van der Waals surface area contributed by atoms with E-state index in [2.05, 4.69) is 52.9 Å². The maximum Gasteiger partial charge on any atom is 0.133 e. The summed E-state index contributed by atoms with van der Waals surface area (Å²) in [5.41, 5.74) is 9.90. The largest absolute Gasteiger partial charge is 0.494 e. The van der Waals surface area contributed by atoms with E-state index in [9.17, 15) is 10.2 Å². The van der Waals surface area contributed by atoms with E-state index >= 15 is 0 Å². The van der Waals surface area contributed by atoms with Crippen LogP contribution in [0.25, 0.3) is 0 Å². The van der Waals surface area contributed by atoms with Crippen molar-refractivity contribution in [2.24, 2.45) is 0 Å². The van der Waals surface area contributed by atoms with Gasteiger partial charge in [0.2, 0.25) is 0 Å². The monoisotopic (exact) mass is 583 g/mol. The lowest BCUT2D eigenvalue weighted by atomic mass is 9.78. The van der Waals surface area contributed by atoms with Gasteiger partial charge in [-0.3, -0.25) is 5.01 Å². The fraction of sp³-hybridized carbons (Fsp3) is 0.481. The topological polar surface area (TPSA) is 86.2 Å². The molecule has 0 saturated heterocycles. The predicted octanol–water partition coefficient (Wildman–Crippen LogP) is 5.10. The first kappa shape index (κ1) is 30.3. The Morgan fingerprint density at radius 3 is 2.36 bits per heavy atom. The second-order valence-electron chi connectivity index (χ2n) is 8.73. The highest BCUT2D eigenvalue weighted by Gasteiger charge is 2.24. The van der Waals surface area contributed by atoms with Crippen LogP contribution in [0.3, 0.4) is 0 Å². The summed E-state index contributed by atoms with van der Waals surface area (Å²) in [4.78, 5) is 0. The minimum atomic E-state index is -0.696. The van der Waals surface area contributed by atoms with Gasteiger partial charge >= 0.3 is 0 Å². The van der Waals surface area contributed by atoms with Crippen molar-refractivity contribution in [1.82, 2.24) is 16.0 Å². The van der Waals surface area contributed by atoms with E-state index in [0.717, 1.165) is 40.1 Å². The maximum atomic E-state index is 9.61. The standard InChI is InChI=1S/C25H33BrClN3O4.C2H6/c1-17-23(15-31)30(29-28-17)11-4-12-33-21-8-5-18(6-9-21)25(2,3)19-7-10-24(22(26)13-19)34-16-20(32)14-27;1-2/h5-10,13,20,28-29,31-32H,4,11-12,14-16H2,1-3H3;1-2H3. The molecular formula is C27H39BrClN3O4. The van der Waals surface area contributed by atoms with Crippen LogP contribution < -0.4 is 20.4 Å². The minimum Gasteiger partial charge on any atom is -0.494 e.